The maximum atomic E-state index is 12.0. The number of carbonyl (C=O) groups is 2. The van der Waals surface area contributed by atoms with E-state index >= 15 is 0 Å². The van der Waals surface area contributed by atoms with E-state index in [1.165, 1.54) is 0 Å². The Labute approximate surface area is 121 Å². The van der Waals surface area contributed by atoms with E-state index in [2.05, 4.69) is 10.6 Å². The van der Waals surface area contributed by atoms with E-state index in [-0.39, 0.29) is 18.4 Å². The summed E-state index contributed by atoms with van der Waals surface area (Å²) in [7, 11) is 0. The molecular weight excluding hydrogens is 272 g/mol. The van der Waals surface area contributed by atoms with Crippen molar-refractivity contribution in [2.75, 3.05) is 18.5 Å². The summed E-state index contributed by atoms with van der Waals surface area (Å²) in [4.78, 5) is 23.2. The fraction of sp³-hybridized carbons (Fsp3) is 0.200. The third kappa shape index (κ3) is 3.05. The first-order valence-corrected chi connectivity index (χ1v) is 6.59. The maximum Gasteiger partial charge on any atom is 0.262 e. The van der Waals surface area contributed by atoms with Crippen LogP contribution in [-0.2, 0) is 11.2 Å². The molecule has 0 unspecified atom stereocenters. The van der Waals surface area contributed by atoms with E-state index < -0.39 is 0 Å². The van der Waals surface area contributed by atoms with Gasteiger partial charge in [0.25, 0.3) is 11.8 Å². The Hall–Kier alpha value is -2.76. The van der Waals surface area contributed by atoms with E-state index in [0.29, 0.717) is 30.0 Å². The highest BCUT2D eigenvalue weighted by atomic mass is 16.5. The smallest absolute Gasteiger partial charge is 0.262 e. The van der Waals surface area contributed by atoms with Crippen LogP contribution in [0.2, 0.25) is 0 Å². The lowest BCUT2D eigenvalue weighted by molar-refractivity contribution is -0.118. The SMILES string of the molecule is O=C1COc2cc(C(=O)NCCc3ccco3)ccc2N1. The van der Waals surface area contributed by atoms with Crippen LogP contribution in [0.5, 0.6) is 5.75 Å². The number of amides is 2. The van der Waals surface area contributed by atoms with Gasteiger partial charge >= 0.3 is 0 Å². The Morgan fingerprint density at radius 2 is 2.24 bits per heavy atom. The zero-order valence-corrected chi connectivity index (χ0v) is 11.2. The van der Waals surface area contributed by atoms with Crippen molar-refractivity contribution in [3.8, 4) is 5.75 Å². The van der Waals surface area contributed by atoms with Crippen molar-refractivity contribution in [1.82, 2.24) is 5.32 Å². The highest BCUT2D eigenvalue weighted by Gasteiger charge is 2.17. The predicted octanol–water partition coefficient (Wildman–Crippen LogP) is 1.58. The number of hydrogen-bond acceptors (Lipinski definition) is 4. The summed E-state index contributed by atoms with van der Waals surface area (Å²) < 4.78 is 10.5. The first-order chi connectivity index (χ1) is 10.2. The van der Waals surface area contributed by atoms with Crippen molar-refractivity contribution in [3.63, 3.8) is 0 Å². The number of benzene rings is 1. The highest BCUT2D eigenvalue weighted by molar-refractivity contribution is 5.98. The molecule has 6 heteroatoms. The van der Waals surface area contributed by atoms with E-state index in [4.69, 9.17) is 9.15 Å². The summed E-state index contributed by atoms with van der Waals surface area (Å²) in [6.07, 6.45) is 2.24. The fourth-order valence-corrected chi connectivity index (χ4v) is 2.07. The number of anilines is 1. The molecule has 21 heavy (non-hydrogen) atoms. The average molecular weight is 286 g/mol. The molecule has 2 N–H and O–H groups in total. The molecule has 108 valence electrons. The average Bonchev–Trinajstić information content (AvgIpc) is 3.00. The number of carbonyl (C=O) groups excluding carboxylic acids is 2. The van der Waals surface area contributed by atoms with Gasteiger partial charge in [0.1, 0.15) is 11.5 Å². The molecule has 0 aliphatic carbocycles. The van der Waals surface area contributed by atoms with E-state index in [1.54, 1.807) is 24.5 Å². The molecule has 0 radical (unpaired) electrons. The van der Waals surface area contributed by atoms with Crippen LogP contribution in [0.25, 0.3) is 0 Å². The summed E-state index contributed by atoms with van der Waals surface area (Å²) in [6.45, 7) is 0.456. The van der Waals surface area contributed by atoms with Crippen LogP contribution >= 0.6 is 0 Å². The number of nitrogens with one attached hydrogen (secondary N) is 2. The van der Waals surface area contributed by atoms with Crippen LogP contribution < -0.4 is 15.4 Å². The van der Waals surface area contributed by atoms with Gasteiger partial charge in [-0.05, 0) is 30.3 Å². The first-order valence-electron chi connectivity index (χ1n) is 6.59. The van der Waals surface area contributed by atoms with Crippen LogP contribution in [0.3, 0.4) is 0 Å². The molecule has 2 heterocycles. The Kier molecular flexibility index (Phi) is 3.59. The van der Waals surface area contributed by atoms with Crippen LogP contribution in [0, 0.1) is 0 Å². The first kappa shape index (κ1) is 13.2. The van der Waals surface area contributed by atoms with Crippen LogP contribution in [0.15, 0.2) is 41.0 Å². The van der Waals surface area contributed by atoms with Gasteiger partial charge in [-0.25, -0.2) is 0 Å². The molecular formula is C15H14N2O4. The lowest BCUT2D eigenvalue weighted by Gasteiger charge is -2.18. The minimum Gasteiger partial charge on any atom is -0.482 e. The van der Waals surface area contributed by atoms with E-state index in [0.717, 1.165) is 5.76 Å². The van der Waals surface area contributed by atoms with Gasteiger partial charge in [0.2, 0.25) is 0 Å². The van der Waals surface area contributed by atoms with Gasteiger partial charge in [-0.2, -0.15) is 0 Å². The van der Waals surface area contributed by atoms with Gasteiger partial charge in [0.15, 0.2) is 6.61 Å². The molecule has 0 spiro atoms. The number of fused-ring (bicyclic) bond motifs is 1. The lowest BCUT2D eigenvalue weighted by Crippen LogP contribution is -2.27. The predicted molar refractivity (Wildman–Crippen MR) is 75.3 cm³/mol. The third-order valence-corrected chi connectivity index (χ3v) is 3.11. The second kappa shape index (κ2) is 5.70. The summed E-state index contributed by atoms with van der Waals surface area (Å²) in [5, 5.41) is 5.49. The third-order valence-electron chi connectivity index (χ3n) is 3.11. The number of ether oxygens (including phenoxy) is 1. The topological polar surface area (TPSA) is 80.6 Å². The van der Waals surface area contributed by atoms with Crippen LogP contribution in [0.1, 0.15) is 16.1 Å². The summed E-state index contributed by atoms with van der Waals surface area (Å²) >= 11 is 0. The molecule has 0 bridgehead atoms. The second-order valence-electron chi connectivity index (χ2n) is 4.63. The molecule has 3 rings (SSSR count). The minimum atomic E-state index is -0.196. The molecule has 0 atom stereocenters. The quantitative estimate of drug-likeness (QED) is 0.894. The van der Waals surface area contributed by atoms with Gasteiger partial charge in [-0.15, -0.1) is 0 Å². The molecule has 0 fully saturated rings. The molecule has 1 aromatic carbocycles. The van der Waals surface area contributed by atoms with E-state index in [9.17, 15) is 9.59 Å². The molecule has 2 amide bonds. The number of furan rings is 1. The highest BCUT2D eigenvalue weighted by Crippen LogP contribution is 2.28. The van der Waals surface area contributed by atoms with Crippen LogP contribution in [0.4, 0.5) is 5.69 Å². The Morgan fingerprint density at radius 1 is 1.33 bits per heavy atom. The minimum absolute atomic E-state index is 0.0312. The Morgan fingerprint density at radius 3 is 3.05 bits per heavy atom. The Balaban J connectivity index is 1.61. The number of hydrogen-bond donors (Lipinski definition) is 2. The second-order valence-corrected chi connectivity index (χ2v) is 4.63. The molecule has 2 aromatic rings. The van der Waals surface area contributed by atoms with Crippen molar-refractivity contribution >= 4 is 17.5 Å². The van der Waals surface area contributed by atoms with Crippen molar-refractivity contribution in [2.45, 2.75) is 6.42 Å². The van der Waals surface area contributed by atoms with Crippen molar-refractivity contribution in [3.05, 3.63) is 47.9 Å². The standard InChI is InChI=1S/C15H14N2O4/c18-14-9-21-13-8-10(3-4-12(13)17-14)15(19)16-6-5-11-2-1-7-20-11/h1-4,7-8H,5-6,9H2,(H,16,19)(H,17,18). The summed E-state index contributed by atoms with van der Waals surface area (Å²) in [5.74, 6) is 0.947. The monoisotopic (exact) mass is 286 g/mol. The van der Waals surface area contributed by atoms with Crippen molar-refractivity contribution < 1.29 is 18.7 Å². The largest absolute Gasteiger partial charge is 0.482 e. The van der Waals surface area contributed by atoms with Crippen LogP contribution in [-0.4, -0.2) is 25.0 Å². The van der Waals surface area contributed by atoms with Gasteiger partial charge in [-0.3, -0.25) is 9.59 Å². The van der Waals surface area contributed by atoms with Crippen molar-refractivity contribution in [1.29, 1.82) is 0 Å². The maximum absolute atomic E-state index is 12.0. The summed E-state index contributed by atoms with van der Waals surface area (Å²) in [6, 6.07) is 8.61. The normalized spacial score (nSPS) is 13.0. The molecule has 1 aliphatic rings. The number of rotatable bonds is 4. The van der Waals surface area contributed by atoms with Gasteiger partial charge in [-0.1, -0.05) is 0 Å². The Bertz CT molecular complexity index is 664. The van der Waals surface area contributed by atoms with Gasteiger partial charge in [0.05, 0.1) is 12.0 Å². The lowest BCUT2D eigenvalue weighted by atomic mass is 10.1. The molecule has 0 saturated heterocycles. The zero-order valence-electron chi connectivity index (χ0n) is 11.2. The fourth-order valence-electron chi connectivity index (χ4n) is 2.07. The van der Waals surface area contributed by atoms with E-state index in [1.807, 2.05) is 12.1 Å². The van der Waals surface area contributed by atoms with Gasteiger partial charge < -0.3 is 19.8 Å². The molecule has 0 saturated carbocycles. The molecule has 1 aromatic heterocycles. The van der Waals surface area contributed by atoms with Gasteiger partial charge in [0, 0.05) is 18.5 Å². The molecule has 6 nitrogen and oxygen atoms in total. The zero-order chi connectivity index (χ0) is 14.7. The summed E-state index contributed by atoms with van der Waals surface area (Å²) in [5.41, 5.74) is 1.07. The molecule has 1 aliphatic heterocycles. The van der Waals surface area contributed by atoms with Crippen molar-refractivity contribution in [2.24, 2.45) is 0 Å².